The Bertz CT molecular complexity index is 180. The molecule has 23 heavy (non-hydrogen) atoms. The number of alkyl halides is 1. The van der Waals surface area contributed by atoms with E-state index in [1.54, 1.807) is 0 Å². The summed E-state index contributed by atoms with van der Waals surface area (Å²) in [5.41, 5.74) is 0. The fourth-order valence-electron chi connectivity index (χ4n) is 2.78. The fourth-order valence-corrected chi connectivity index (χ4v) is 3.09. The van der Waals surface area contributed by atoms with Crippen molar-refractivity contribution in [3.05, 3.63) is 0 Å². The fraction of sp³-hybridized carbons (Fsp3) is 1.00. The van der Waals surface area contributed by atoms with Gasteiger partial charge in [-0.25, -0.2) is 0 Å². The Hall–Kier alpha value is 0.650. The van der Waals surface area contributed by atoms with Gasteiger partial charge in [-0.15, -0.1) is 0 Å². The van der Waals surface area contributed by atoms with Crippen LogP contribution in [0.25, 0.3) is 0 Å². The highest BCUT2D eigenvalue weighted by molar-refractivity contribution is 14.1. The van der Waals surface area contributed by atoms with E-state index in [4.69, 9.17) is 9.47 Å². The normalized spacial score (nSPS) is 11.2. The summed E-state index contributed by atoms with van der Waals surface area (Å²) in [4.78, 5) is 0. The van der Waals surface area contributed by atoms with Crippen molar-refractivity contribution in [2.45, 2.75) is 96.8 Å². The predicted octanol–water partition coefficient (Wildman–Crippen LogP) is 6.94. The number of rotatable bonds is 20. The molecular formula is C20H41IO2. The highest BCUT2D eigenvalue weighted by atomic mass is 127. The topological polar surface area (TPSA) is 18.5 Å². The second-order valence-corrected chi connectivity index (χ2v) is 7.59. The van der Waals surface area contributed by atoms with Gasteiger partial charge in [-0.3, -0.25) is 0 Å². The Morgan fingerprint density at radius 3 is 1.30 bits per heavy atom. The third-order valence-corrected chi connectivity index (χ3v) is 4.68. The van der Waals surface area contributed by atoms with Crippen molar-refractivity contribution >= 4 is 22.6 Å². The standard InChI is InChI=1S/C20H41IO2/c1-2-3-4-5-6-7-8-9-10-11-12-13-14-15-17-22-19-20-23-18-16-21/h2-20H2,1H3. The number of hydrogen-bond acceptors (Lipinski definition) is 2. The van der Waals surface area contributed by atoms with Gasteiger partial charge in [-0.1, -0.05) is 113 Å². The quantitative estimate of drug-likeness (QED) is 0.116. The van der Waals surface area contributed by atoms with E-state index in [1.165, 1.54) is 89.9 Å². The van der Waals surface area contributed by atoms with Gasteiger partial charge in [0.15, 0.2) is 0 Å². The molecule has 0 aliphatic heterocycles. The van der Waals surface area contributed by atoms with Gasteiger partial charge in [0.05, 0.1) is 19.8 Å². The summed E-state index contributed by atoms with van der Waals surface area (Å²) in [6, 6.07) is 0. The van der Waals surface area contributed by atoms with Crippen LogP contribution in [0.15, 0.2) is 0 Å². The zero-order valence-electron chi connectivity index (χ0n) is 15.6. The van der Waals surface area contributed by atoms with Crippen LogP contribution in [0.2, 0.25) is 0 Å². The van der Waals surface area contributed by atoms with Gasteiger partial charge < -0.3 is 9.47 Å². The molecule has 0 fully saturated rings. The Balaban J connectivity index is 2.92. The molecule has 0 aromatic carbocycles. The average molecular weight is 440 g/mol. The minimum absolute atomic E-state index is 0.752. The van der Waals surface area contributed by atoms with Crippen molar-refractivity contribution in [2.75, 3.05) is 30.9 Å². The largest absolute Gasteiger partial charge is 0.379 e. The first-order valence-electron chi connectivity index (χ1n) is 10.1. The minimum atomic E-state index is 0.752. The zero-order chi connectivity index (χ0) is 16.8. The van der Waals surface area contributed by atoms with Crippen molar-refractivity contribution in [3.63, 3.8) is 0 Å². The van der Waals surface area contributed by atoms with E-state index < -0.39 is 0 Å². The van der Waals surface area contributed by atoms with Crippen LogP contribution >= 0.6 is 22.6 Å². The summed E-state index contributed by atoms with van der Waals surface area (Å²) in [6.07, 6.45) is 19.7. The maximum atomic E-state index is 5.56. The van der Waals surface area contributed by atoms with Crippen molar-refractivity contribution in [1.29, 1.82) is 0 Å². The van der Waals surface area contributed by atoms with E-state index in [0.717, 1.165) is 30.9 Å². The average Bonchev–Trinajstić information content (AvgIpc) is 2.57. The van der Waals surface area contributed by atoms with Crippen LogP contribution in [0.1, 0.15) is 96.8 Å². The summed E-state index contributed by atoms with van der Waals surface area (Å²) >= 11 is 2.33. The van der Waals surface area contributed by atoms with Crippen LogP contribution in [-0.2, 0) is 9.47 Å². The summed E-state index contributed by atoms with van der Waals surface area (Å²) in [6.45, 7) is 5.56. The van der Waals surface area contributed by atoms with Crippen molar-refractivity contribution in [2.24, 2.45) is 0 Å². The van der Waals surface area contributed by atoms with E-state index in [9.17, 15) is 0 Å². The first-order chi connectivity index (χ1) is 11.4. The molecule has 0 aromatic heterocycles. The minimum Gasteiger partial charge on any atom is -0.379 e. The molecule has 0 amide bonds. The van der Waals surface area contributed by atoms with E-state index in [1.807, 2.05) is 0 Å². The number of ether oxygens (including phenoxy) is 2. The van der Waals surface area contributed by atoms with Gasteiger partial charge >= 0.3 is 0 Å². The molecule has 0 aromatic rings. The zero-order valence-corrected chi connectivity index (χ0v) is 17.8. The van der Waals surface area contributed by atoms with Gasteiger partial charge in [0.25, 0.3) is 0 Å². The number of hydrogen-bond donors (Lipinski definition) is 0. The lowest BCUT2D eigenvalue weighted by atomic mass is 10.0. The number of unbranched alkanes of at least 4 members (excludes halogenated alkanes) is 13. The highest BCUT2D eigenvalue weighted by Gasteiger charge is 1.94. The monoisotopic (exact) mass is 440 g/mol. The van der Waals surface area contributed by atoms with Crippen LogP contribution in [0.3, 0.4) is 0 Å². The Morgan fingerprint density at radius 1 is 0.478 bits per heavy atom. The molecule has 0 bridgehead atoms. The van der Waals surface area contributed by atoms with E-state index in [2.05, 4.69) is 29.5 Å². The van der Waals surface area contributed by atoms with E-state index in [-0.39, 0.29) is 0 Å². The molecule has 0 aliphatic carbocycles. The van der Waals surface area contributed by atoms with Crippen LogP contribution in [0.4, 0.5) is 0 Å². The summed E-state index contributed by atoms with van der Waals surface area (Å²) in [5.74, 6) is 0. The highest BCUT2D eigenvalue weighted by Crippen LogP contribution is 2.12. The molecule has 0 heterocycles. The molecule has 0 unspecified atom stereocenters. The molecule has 0 saturated carbocycles. The molecule has 0 aliphatic rings. The lowest BCUT2D eigenvalue weighted by molar-refractivity contribution is 0.0527. The Kier molecular flexibility index (Phi) is 23.3. The first kappa shape index (κ1) is 23.6. The summed E-state index contributed by atoms with van der Waals surface area (Å²) in [5, 5.41) is 0. The van der Waals surface area contributed by atoms with E-state index >= 15 is 0 Å². The molecule has 0 spiro atoms. The molecule has 0 atom stereocenters. The van der Waals surface area contributed by atoms with Gasteiger partial charge in [0.1, 0.15) is 0 Å². The first-order valence-corrected chi connectivity index (χ1v) is 11.7. The molecule has 0 saturated heterocycles. The van der Waals surface area contributed by atoms with Gasteiger partial charge in [0, 0.05) is 11.0 Å². The molecule has 2 nitrogen and oxygen atoms in total. The Labute approximate surface area is 159 Å². The van der Waals surface area contributed by atoms with Crippen molar-refractivity contribution in [3.8, 4) is 0 Å². The van der Waals surface area contributed by atoms with Crippen LogP contribution in [0.5, 0.6) is 0 Å². The molecule has 0 N–H and O–H groups in total. The predicted molar refractivity (Wildman–Crippen MR) is 111 cm³/mol. The van der Waals surface area contributed by atoms with Gasteiger partial charge in [0.2, 0.25) is 0 Å². The maximum Gasteiger partial charge on any atom is 0.0700 e. The lowest BCUT2D eigenvalue weighted by Gasteiger charge is -2.05. The Morgan fingerprint density at radius 2 is 0.870 bits per heavy atom. The molecule has 0 rings (SSSR count). The smallest absolute Gasteiger partial charge is 0.0700 e. The van der Waals surface area contributed by atoms with Crippen molar-refractivity contribution in [1.82, 2.24) is 0 Å². The summed E-state index contributed by atoms with van der Waals surface area (Å²) in [7, 11) is 0. The maximum absolute atomic E-state index is 5.56. The molecule has 3 heteroatoms. The van der Waals surface area contributed by atoms with Crippen LogP contribution in [-0.4, -0.2) is 30.9 Å². The molecule has 140 valence electrons. The van der Waals surface area contributed by atoms with Crippen LogP contribution < -0.4 is 0 Å². The van der Waals surface area contributed by atoms with Gasteiger partial charge in [-0.2, -0.15) is 0 Å². The second kappa shape index (κ2) is 22.6. The van der Waals surface area contributed by atoms with E-state index in [0.29, 0.717) is 0 Å². The second-order valence-electron chi connectivity index (χ2n) is 6.51. The lowest BCUT2D eigenvalue weighted by Crippen LogP contribution is -2.06. The molecular weight excluding hydrogens is 399 g/mol. The third-order valence-electron chi connectivity index (χ3n) is 4.24. The van der Waals surface area contributed by atoms with Crippen LogP contribution in [0, 0.1) is 0 Å². The third kappa shape index (κ3) is 22.6. The number of halogens is 1. The summed E-state index contributed by atoms with van der Waals surface area (Å²) < 4.78 is 12.0. The molecule has 0 radical (unpaired) electrons. The SMILES string of the molecule is CCCCCCCCCCCCCCCCOCCOCCI. The van der Waals surface area contributed by atoms with Gasteiger partial charge in [-0.05, 0) is 6.42 Å². The van der Waals surface area contributed by atoms with Crippen molar-refractivity contribution < 1.29 is 9.47 Å².